The topological polar surface area (TPSA) is 345 Å². The van der Waals surface area contributed by atoms with E-state index in [1.807, 2.05) is 13.8 Å². The Hall–Kier alpha value is -5.01. The Labute approximate surface area is 270 Å². The third kappa shape index (κ3) is 14.8. The smallest absolute Gasteiger partial charge is 0.326 e. The number of aliphatic imine (C=N–C) groups is 1. The summed E-state index contributed by atoms with van der Waals surface area (Å²) in [5.41, 5.74) is 21.7. The van der Waals surface area contributed by atoms with Crippen LogP contribution < -0.4 is 44.2 Å². The molecule has 0 saturated carbocycles. The van der Waals surface area contributed by atoms with Crippen molar-refractivity contribution in [3.63, 3.8) is 0 Å². The average molecular weight is 671 g/mol. The van der Waals surface area contributed by atoms with Crippen LogP contribution in [0.3, 0.4) is 0 Å². The number of likely N-dealkylation sites (tertiary alicyclic amines) is 1. The highest BCUT2D eigenvalue weighted by Gasteiger charge is 2.39. The molecule has 0 aromatic heterocycles. The summed E-state index contributed by atoms with van der Waals surface area (Å²) in [6, 6.07) is -6.68. The van der Waals surface area contributed by atoms with Gasteiger partial charge in [-0.05, 0) is 38.0 Å². The Bertz CT molecular complexity index is 1210. The van der Waals surface area contributed by atoms with Gasteiger partial charge in [0.2, 0.25) is 35.4 Å². The molecule has 0 spiro atoms. The van der Waals surface area contributed by atoms with Crippen LogP contribution in [0.5, 0.6) is 0 Å². The van der Waals surface area contributed by atoms with Crippen molar-refractivity contribution in [1.29, 1.82) is 0 Å². The first-order valence-electron chi connectivity index (χ1n) is 14.9. The van der Waals surface area contributed by atoms with Crippen LogP contribution in [-0.4, -0.2) is 118 Å². The maximum absolute atomic E-state index is 13.1. The molecule has 0 radical (unpaired) electrons. The molecule has 14 N–H and O–H groups in total. The molecule has 1 aliphatic rings. The highest BCUT2D eigenvalue weighted by molar-refractivity contribution is 5.98. The van der Waals surface area contributed by atoms with Gasteiger partial charge < -0.3 is 59.3 Å². The van der Waals surface area contributed by atoms with E-state index in [9.17, 15) is 48.6 Å². The number of carboxylic acid groups (broad SMARTS) is 2. The predicted octanol–water partition coefficient (Wildman–Crippen LogP) is -4.59. The molecule has 1 fully saturated rings. The summed E-state index contributed by atoms with van der Waals surface area (Å²) >= 11 is 0. The van der Waals surface area contributed by atoms with Crippen molar-refractivity contribution in [1.82, 2.24) is 26.2 Å². The molecule has 1 rings (SSSR count). The van der Waals surface area contributed by atoms with Crippen molar-refractivity contribution in [2.24, 2.45) is 33.8 Å². The van der Waals surface area contributed by atoms with Gasteiger partial charge in [0.15, 0.2) is 5.96 Å². The van der Waals surface area contributed by atoms with Crippen LogP contribution in [0.1, 0.15) is 58.8 Å². The normalized spacial score (nSPS) is 16.6. The number of carbonyl (C=O) groups is 8. The van der Waals surface area contributed by atoms with Gasteiger partial charge in [-0.3, -0.25) is 38.6 Å². The lowest BCUT2D eigenvalue weighted by atomic mass is 10.0. The van der Waals surface area contributed by atoms with Crippen molar-refractivity contribution in [3.8, 4) is 0 Å². The molecule has 6 amide bonds. The molecule has 0 aliphatic carbocycles. The average Bonchev–Trinajstić information content (AvgIpc) is 3.46. The molecule has 0 aromatic rings. The molecule has 20 heteroatoms. The molecule has 20 nitrogen and oxygen atoms in total. The standard InChI is InChI=1S/C27H46N10O10/c1-13(2)9-14(28)22(42)35-15(5-3-7-32-27(30)31)23(43)33-12-20(39)34-16(11-21(40)41)24(44)36-17(10-19(29)38)25(45)37-8-4-6-18(37)26(46)47/h13-18H,3-12,28H2,1-2H3,(H2,29,38)(H,33,43)(H,34,39)(H,35,42)(H,36,44)(H,40,41)(H,46,47)(H4,30,31,32)/t14-,15-,16-,17-,18-/m0/s1. The van der Waals surface area contributed by atoms with Crippen LogP contribution in [0.15, 0.2) is 4.99 Å². The number of rotatable bonds is 20. The van der Waals surface area contributed by atoms with E-state index >= 15 is 0 Å². The molecule has 47 heavy (non-hydrogen) atoms. The molecule has 264 valence electrons. The SMILES string of the molecule is CC(C)C[C@H](N)C(=O)N[C@@H](CCCN=C(N)N)C(=O)NCC(=O)N[C@@H](CC(=O)O)C(=O)N[C@@H](CC(N)=O)C(=O)N1CCC[C@H]1C(=O)O. The van der Waals surface area contributed by atoms with E-state index in [-0.39, 0.29) is 44.2 Å². The second-order valence-corrected chi connectivity index (χ2v) is 11.4. The zero-order valence-electron chi connectivity index (χ0n) is 26.4. The van der Waals surface area contributed by atoms with Crippen LogP contribution in [-0.2, 0) is 38.4 Å². The summed E-state index contributed by atoms with van der Waals surface area (Å²) in [5, 5.41) is 27.9. The predicted molar refractivity (Wildman–Crippen MR) is 165 cm³/mol. The minimum Gasteiger partial charge on any atom is -0.481 e. The van der Waals surface area contributed by atoms with Gasteiger partial charge in [-0.2, -0.15) is 0 Å². The van der Waals surface area contributed by atoms with Gasteiger partial charge in [-0.1, -0.05) is 13.8 Å². The number of hydrogen-bond donors (Lipinski definition) is 10. The number of hydrogen-bond acceptors (Lipinski definition) is 10. The maximum Gasteiger partial charge on any atom is 0.326 e. The fourth-order valence-electron chi connectivity index (χ4n) is 4.75. The summed E-state index contributed by atoms with van der Waals surface area (Å²) in [4.78, 5) is 104. The minimum atomic E-state index is -1.78. The fraction of sp³-hybridized carbons (Fsp3) is 0.667. The summed E-state index contributed by atoms with van der Waals surface area (Å²) in [6.07, 6.45) is -0.520. The van der Waals surface area contributed by atoms with Crippen molar-refractivity contribution in [2.75, 3.05) is 19.6 Å². The maximum atomic E-state index is 13.1. The largest absolute Gasteiger partial charge is 0.481 e. The number of nitrogens with one attached hydrogen (secondary N) is 4. The molecule has 5 atom stereocenters. The Kier molecular flexibility index (Phi) is 16.6. The molecular formula is C27H46N10O10. The highest BCUT2D eigenvalue weighted by Crippen LogP contribution is 2.19. The zero-order chi connectivity index (χ0) is 35.8. The fourth-order valence-corrected chi connectivity index (χ4v) is 4.75. The van der Waals surface area contributed by atoms with Crippen LogP contribution in [0.25, 0.3) is 0 Å². The molecule has 1 saturated heterocycles. The second-order valence-electron chi connectivity index (χ2n) is 11.4. The van der Waals surface area contributed by atoms with Crippen LogP contribution in [0.4, 0.5) is 0 Å². The third-order valence-corrected chi connectivity index (χ3v) is 6.93. The van der Waals surface area contributed by atoms with E-state index in [0.717, 1.165) is 4.90 Å². The van der Waals surface area contributed by atoms with Gasteiger partial charge in [0.25, 0.3) is 0 Å². The van der Waals surface area contributed by atoms with Crippen molar-refractivity contribution in [3.05, 3.63) is 0 Å². The molecule has 1 heterocycles. The van der Waals surface area contributed by atoms with Gasteiger partial charge in [-0.25, -0.2) is 4.79 Å². The first-order chi connectivity index (χ1) is 21.9. The van der Waals surface area contributed by atoms with E-state index < -0.39 is 97.0 Å². The van der Waals surface area contributed by atoms with Gasteiger partial charge in [0, 0.05) is 13.1 Å². The Morgan fingerprint density at radius 1 is 0.872 bits per heavy atom. The number of aliphatic carboxylic acids is 2. The van der Waals surface area contributed by atoms with E-state index in [1.165, 1.54) is 0 Å². The van der Waals surface area contributed by atoms with E-state index in [2.05, 4.69) is 26.3 Å². The monoisotopic (exact) mass is 670 g/mol. The summed E-state index contributed by atoms with van der Waals surface area (Å²) in [5.74, 6) is -8.39. The van der Waals surface area contributed by atoms with Crippen LogP contribution in [0.2, 0.25) is 0 Å². The van der Waals surface area contributed by atoms with Crippen LogP contribution >= 0.6 is 0 Å². The zero-order valence-corrected chi connectivity index (χ0v) is 26.4. The highest BCUT2D eigenvalue weighted by atomic mass is 16.4. The number of carboxylic acids is 2. The lowest BCUT2D eigenvalue weighted by Crippen LogP contribution is -2.58. The van der Waals surface area contributed by atoms with Crippen molar-refractivity contribution < 1.29 is 48.6 Å². The Morgan fingerprint density at radius 3 is 2.06 bits per heavy atom. The van der Waals surface area contributed by atoms with Gasteiger partial charge in [-0.15, -0.1) is 0 Å². The molecule has 1 aliphatic heterocycles. The number of primary amides is 1. The first-order valence-corrected chi connectivity index (χ1v) is 14.9. The van der Waals surface area contributed by atoms with Gasteiger partial charge in [0.05, 0.1) is 25.4 Å². The van der Waals surface area contributed by atoms with E-state index in [0.29, 0.717) is 12.8 Å². The Morgan fingerprint density at radius 2 is 1.51 bits per heavy atom. The molecule has 0 aromatic carbocycles. The van der Waals surface area contributed by atoms with E-state index in [4.69, 9.17) is 22.9 Å². The summed E-state index contributed by atoms with van der Waals surface area (Å²) in [7, 11) is 0. The van der Waals surface area contributed by atoms with Gasteiger partial charge in [0.1, 0.15) is 24.2 Å². The van der Waals surface area contributed by atoms with Gasteiger partial charge >= 0.3 is 11.9 Å². The minimum absolute atomic E-state index is 0.0370. The van der Waals surface area contributed by atoms with Crippen LogP contribution in [0, 0.1) is 5.92 Å². The first kappa shape index (κ1) is 40.0. The van der Waals surface area contributed by atoms with E-state index in [1.54, 1.807) is 0 Å². The third-order valence-electron chi connectivity index (χ3n) is 6.93. The number of nitrogens with zero attached hydrogens (tertiary/aromatic N) is 2. The number of guanidine groups is 1. The second kappa shape index (κ2) is 19.5. The lowest BCUT2D eigenvalue weighted by molar-refractivity contribution is -0.150. The molecule has 0 bridgehead atoms. The number of amides is 6. The lowest BCUT2D eigenvalue weighted by Gasteiger charge is -2.28. The van der Waals surface area contributed by atoms with Crippen molar-refractivity contribution in [2.45, 2.75) is 89.0 Å². The quantitative estimate of drug-likeness (QED) is 0.0331. The molecular weight excluding hydrogens is 624 g/mol. The molecule has 0 unspecified atom stereocenters. The number of nitrogens with two attached hydrogens (primary N) is 4. The van der Waals surface area contributed by atoms with Crippen molar-refractivity contribution >= 4 is 53.3 Å². The Balaban J connectivity index is 2.98. The summed E-state index contributed by atoms with van der Waals surface area (Å²) in [6.45, 7) is 3.15. The summed E-state index contributed by atoms with van der Waals surface area (Å²) < 4.78 is 0. The number of carbonyl (C=O) groups excluding carboxylic acids is 6.